The van der Waals surface area contributed by atoms with Gasteiger partial charge in [0.2, 0.25) is 5.91 Å². The van der Waals surface area contributed by atoms with Gasteiger partial charge >= 0.3 is 0 Å². The molecule has 0 aliphatic carbocycles. The van der Waals surface area contributed by atoms with Crippen molar-refractivity contribution in [1.82, 2.24) is 9.78 Å². The summed E-state index contributed by atoms with van der Waals surface area (Å²) < 4.78 is 27.4. The lowest BCUT2D eigenvalue weighted by Crippen LogP contribution is -2.34. The van der Waals surface area contributed by atoms with E-state index < -0.39 is 29.6 Å². The van der Waals surface area contributed by atoms with Gasteiger partial charge in [0.05, 0.1) is 17.6 Å². The molecule has 2 heterocycles. The van der Waals surface area contributed by atoms with E-state index in [1.54, 1.807) is 0 Å². The summed E-state index contributed by atoms with van der Waals surface area (Å²) in [6, 6.07) is 2.78. The highest BCUT2D eigenvalue weighted by Crippen LogP contribution is 2.24. The van der Waals surface area contributed by atoms with E-state index in [0.29, 0.717) is 11.8 Å². The number of benzene rings is 1. The van der Waals surface area contributed by atoms with Gasteiger partial charge < -0.3 is 10.2 Å². The minimum atomic E-state index is -0.905. The van der Waals surface area contributed by atoms with E-state index >= 15 is 0 Å². The van der Waals surface area contributed by atoms with Gasteiger partial charge in [-0.1, -0.05) is 11.6 Å². The van der Waals surface area contributed by atoms with Gasteiger partial charge in [-0.25, -0.2) is 13.5 Å². The van der Waals surface area contributed by atoms with E-state index in [9.17, 15) is 18.4 Å². The molecule has 0 bridgehead atoms. The second-order valence-electron chi connectivity index (χ2n) is 6.03. The normalized spacial score (nSPS) is 14.3. The van der Waals surface area contributed by atoms with Gasteiger partial charge in [-0.15, -0.1) is 0 Å². The first-order valence-corrected chi connectivity index (χ1v) is 8.59. The lowest BCUT2D eigenvalue weighted by atomic mass is 10.1. The Morgan fingerprint density at radius 2 is 1.96 bits per heavy atom. The van der Waals surface area contributed by atoms with Gasteiger partial charge in [-0.2, -0.15) is 5.10 Å². The summed E-state index contributed by atoms with van der Waals surface area (Å²) in [5, 5.41) is 6.28. The summed E-state index contributed by atoms with van der Waals surface area (Å²) in [5.41, 5.74) is -0.220. The molecule has 1 amide bonds. The quantitative estimate of drug-likeness (QED) is 0.883. The molecule has 138 valence electrons. The molecule has 0 saturated carbocycles. The second-order valence-corrected chi connectivity index (χ2v) is 6.40. The van der Waals surface area contributed by atoms with Crippen molar-refractivity contribution in [1.29, 1.82) is 0 Å². The minimum Gasteiger partial charge on any atom is -0.369 e. The monoisotopic (exact) mass is 382 g/mol. The van der Waals surface area contributed by atoms with Crippen molar-refractivity contribution in [2.45, 2.75) is 25.8 Å². The Labute approximate surface area is 153 Å². The molecular formula is C17H17ClF2N4O2. The number of nitrogens with zero attached hydrogens (tertiary/aromatic N) is 3. The van der Waals surface area contributed by atoms with Crippen LogP contribution in [0.3, 0.4) is 0 Å². The van der Waals surface area contributed by atoms with Crippen molar-refractivity contribution < 1.29 is 13.6 Å². The average molecular weight is 383 g/mol. The standard InChI is InChI=1S/C17H17ClF2N4O2/c18-16-14(23-6-2-1-3-7-23)9-21-24(17(16)26)10-15(25)22-13-5-4-11(19)8-12(13)20/h4-5,8-9H,1-3,6-7,10H2,(H,22,25). The molecule has 1 aliphatic heterocycles. The van der Waals surface area contributed by atoms with Crippen molar-refractivity contribution in [3.8, 4) is 0 Å². The van der Waals surface area contributed by atoms with Crippen LogP contribution in [0.1, 0.15) is 19.3 Å². The third kappa shape index (κ3) is 4.01. The van der Waals surface area contributed by atoms with Crippen LogP contribution in [0.15, 0.2) is 29.2 Å². The number of carbonyl (C=O) groups excluding carboxylic acids is 1. The fourth-order valence-corrected chi connectivity index (χ4v) is 3.11. The number of aromatic nitrogens is 2. The van der Waals surface area contributed by atoms with Crippen LogP contribution in [0.2, 0.25) is 5.02 Å². The Kier molecular flexibility index (Phi) is 5.51. The highest BCUT2D eigenvalue weighted by Gasteiger charge is 2.19. The molecule has 1 aliphatic rings. The highest BCUT2D eigenvalue weighted by atomic mass is 35.5. The minimum absolute atomic E-state index is 0.00247. The third-order valence-corrected chi connectivity index (χ3v) is 4.52. The van der Waals surface area contributed by atoms with Gasteiger partial charge in [0.25, 0.3) is 5.56 Å². The smallest absolute Gasteiger partial charge is 0.288 e. The third-order valence-electron chi connectivity index (χ3n) is 4.16. The number of anilines is 2. The SMILES string of the molecule is O=C(Cn1ncc(N2CCCCC2)c(Cl)c1=O)Nc1ccc(F)cc1F. The molecular weight excluding hydrogens is 366 g/mol. The van der Waals surface area contributed by atoms with Crippen LogP contribution in [0.5, 0.6) is 0 Å². The molecule has 3 rings (SSSR count). The van der Waals surface area contributed by atoms with E-state index in [-0.39, 0.29) is 10.7 Å². The molecule has 1 saturated heterocycles. The van der Waals surface area contributed by atoms with Crippen LogP contribution in [-0.4, -0.2) is 28.8 Å². The molecule has 1 aromatic carbocycles. The van der Waals surface area contributed by atoms with E-state index in [2.05, 4.69) is 10.4 Å². The first-order chi connectivity index (χ1) is 12.5. The molecule has 26 heavy (non-hydrogen) atoms. The van der Waals surface area contributed by atoms with Crippen LogP contribution < -0.4 is 15.8 Å². The van der Waals surface area contributed by atoms with Crippen molar-refractivity contribution in [3.05, 3.63) is 51.4 Å². The average Bonchev–Trinajstić information content (AvgIpc) is 2.62. The summed E-state index contributed by atoms with van der Waals surface area (Å²) in [6.07, 6.45) is 4.63. The first-order valence-electron chi connectivity index (χ1n) is 8.21. The maximum Gasteiger partial charge on any atom is 0.288 e. The van der Waals surface area contributed by atoms with Crippen LogP contribution in [0.25, 0.3) is 0 Å². The molecule has 1 fully saturated rings. The number of hydrogen-bond donors (Lipinski definition) is 1. The fraction of sp³-hybridized carbons (Fsp3) is 0.353. The largest absolute Gasteiger partial charge is 0.369 e. The van der Waals surface area contributed by atoms with Gasteiger partial charge in [0.15, 0.2) is 0 Å². The fourth-order valence-electron chi connectivity index (χ4n) is 2.84. The molecule has 0 radical (unpaired) electrons. The lowest BCUT2D eigenvalue weighted by Gasteiger charge is -2.29. The Balaban J connectivity index is 1.74. The van der Waals surface area contributed by atoms with Crippen LogP contribution in [-0.2, 0) is 11.3 Å². The number of rotatable bonds is 4. The molecule has 1 N–H and O–H groups in total. The Bertz CT molecular complexity index is 882. The van der Waals surface area contributed by atoms with E-state index in [1.807, 2.05) is 4.90 Å². The van der Waals surface area contributed by atoms with E-state index in [1.165, 1.54) is 6.20 Å². The van der Waals surface area contributed by atoms with Crippen molar-refractivity contribution in [2.24, 2.45) is 0 Å². The number of hydrogen-bond acceptors (Lipinski definition) is 4. The molecule has 2 aromatic rings. The maximum atomic E-state index is 13.6. The topological polar surface area (TPSA) is 67.2 Å². The Morgan fingerprint density at radius 3 is 2.65 bits per heavy atom. The summed E-state index contributed by atoms with van der Waals surface area (Å²) in [6.45, 7) is 1.17. The van der Waals surface area contributed by atoms with Crippen LogP contribution in [0, 0.1) is 11.6 Å². The molecule has 1 aromatic heterocycles. The van der Waals surface area contributed by atoms with Gasteiger partial charge in [0.1, 0.15) is 23.2 Å². The summed E-state index contributed by atoms with van der Waals surface area (Å²) in [4.78, 5) is 26.4. The second kappa shape index (κ2) is 7.82. The van der Waals surface area contributed by atoms with E-state index in [0.717, 1.165) is 49.2 Å². The first kappa shape index (κ1) is 18.3. The molecule has 0 atom stereocenters. The zero-order valence-electron chi connectivity index (χ0n) is 13.8. The number of nitrogens with one attached hydrogen (secondary N) is 1. The van der Waals surface area contributed by atoms with Crippen LogP contribution >= 0.6 is 11.6 Å². The van der Waals surface area contributed by atoms with Crippen molar-refractivity contribution >= 4 is 28.9 Å². The lowest BCUT2D eigenvalue weighted by molar-refractivity contribution is -0.117. The zero-order chi connectivity index (χ0) is 18.7. The number of piperidine rings is 1. The highest BCUT2D eigenvalue weighted by molar-refractivity contribution is 6.33. The number of amides is 1. The van der Waals surface area contributed by atoms with Gasteiger partial charge in [-0.05, 0) is 31.4 Å². The Morgan fingerprint density at radius 1 is 1.23 bits per heavy atom. The summed E-state index contributed by atoms with van der Waals surface area (Å²) in [5.74, 6) is -2.33. The van der Waals surface area contributed by atoms with Crippen molar-refractivity contribution in [2.75, 3.05) is 23.3 Å². The Hall–Kier alpha value is -2.48. The molecule has 6 nitrogen and oxygen atoms in total. The summed E-state index contributed by atoms with van der Waals surface area (Å²) >= 11 is 6.17. The predicted octanol–water partition coefficient (Wildman–Crippen LogP) is 2.80. The maximum absolute atomic E-state index is 13.6. The molecule has 9 heteroatoms. The number of carbonyl (C=O) groups is 1. The predicted molar refractivity (Wildman–Crippen MR) is 94.6 cm³/mol. The zero-order valence-corrected chi connectivity index (χ0v) is 14.6. The van der Waals surface area contributed by atoms with Crippen molar-refractivity contribution in [3.63, 3.8) is 0 Å². The van der Waals surface area contributed by atoms with Crippen LogP contribution in [0.4, 0.5) is 20.2 Å². The summed E-state index contributed by atoms with van der Waals surface area (Å²) in [7, 11) is 0. The number of halogens is 3. The van der Waals surface area contributed by atoms with Gasteiger partial charge in [-0.3, -0.25) is 9.59 Å². The molecule has 0 unspecified atom stereocenters. The van der Waals surface area contributed by atoms with E-state index in [4.69, 9.17) is 11.6 Å². The molecule has 0 spiro atoms. The van der Waals surface area contributed by atoms with Gasteiger partial charge in [0, 0.05) is 19.2 Å².